The van der Waals surface area contributed by atoms with Crippen molar-refractivity contribution in [1.82, 2.24) is 0 Å². The van der Waals surface area contributed by atoms with E-state index < -0.39 is 6.10 Å². The second kappa shape index (κ2) is 5.52. The predicted octanol–water partition coefficient (Wildman–Crippen LogP) is 3.77. The summed E-state index contributed by atoms with van der Waals surface area (Å²) in [6.45, 7) is 5.79. The van der Waals surface area contributed by atoms with Gasteiger partial charge in [-0.15, -0.1) is 11.8 Å². The smallest absolute Gasteiger partial charge is 0.137 e. The normalized spacial score (nSPS) is 15.0. The number of hydrogen-bond acceptors (Lipinski definition) is 2. The summed E-state index contributed by atoms with van der Waals surface area (Å²) in [5.41, 5.74) is 0.626. The number of benzene rings is 1. The van der Waals surface area contributed by atoms with Crippen molar-refractivity contribution < 1.29 is 9.50 Å². The van der Waals surface area contributed by atoms with Gasteiger partial charge in [-0.25, -0.2) is 4.39 Å². The zero-order valence-electron chi connectivity index (χ0n) is 9.33. The molecule has 1 rings (SSSR count). The van der Waals surface area contributed by atoms with Gasteiger partial charge in [0.25, 0.3) is 0 Å². The fourth-order valence-electron chi connectivity index (χ4n) is 1.17. The minimum absolute atomic E-state index is 0.237. The van der Waals surface area contributed by atoms with Crippen LogP contribution in [-0.2, 0) is 0 Å². The van der Waals surface area contributed by atoms with Gasteiger partial charge >= 0.3 is 0 Å². The topological polar surface area (TPSA) is 20.2 Å². The van der Waals surface area contributed by atoms with Crippen molar-refractivity contribution in [2.45, 2.75) is 43.4 Å². The van der Waals surface area contributed by atoms with Gasteiger partial charge < -0.3 is 5.11 Å². The Morgan fingerprint density at radius 2 is 2.07 bits per heavy atom. The third kappa shape index (κ3) is 3.50. The number of aliphatic hydroxyl groups excluding tert-OH is 1. The van der Waals surface area contributed by atoms with Crippen molar-refractivity contribution in [2.24, 2.45) is 0 Å². The van der Waals surface area contributed by atoms with Gasteiger partial charge in [0, 0.05) is 10.1 Å². The number of rotatable bonds is 4. The summed E-state index contributed by atoms with van der Waals surface area (Å²) in [4.78, 5) is 0.661. The average molecular weight is 228 g/mol. The SMILES string of the molecule is CCC(C)Sc1ccc([C@H](C)O)cc1F. The number of hydrogen-bond donors (Lipinski definition) is 1. The number of halogens is 1. The van der Waals surface area contributed by atoms with Crippen LogP contribution >= 0.6 is 11.8 Å². The van der Waals surface area contributed by atoms with Gasteiger partial charge in [-0.3, -0.25) is 0 Å². The molecule has 0 saturated heterocycles. The first kappa shape index (κ1) is 12.5. The minimum atomic E-state index is -0.609. The van der Waals surface area contributed by atoms with E-state index in [1.807, 2.05) is 0 Å². The number of thioether (sulfide) groups is 1. The minimum Gasteiger partial charge on any atom is -0.389 e. The van der Waals surface area contributed by atoms with Crippen LogP contribution in [0.4, 0.5) is 4.39 Å². The Morgan fingerprint density at radius 1 is 1.40 bits per heavy atom. The van der Waals surface area contributed by atoms with Gasteiger partial charge in [0.2, 0.25) is 0 Å². The van der Waals surface area contributed by atoms with Crippen molar-refractivity contribution in [3.63, 3.8) is 0 Å². The maximum Gasteiger partial charge on any atom is 0.137 e. The fraction of sp³-hybridized carbons (Fsp3) is 0.500. The molecule has 1 unspecified atom stereocenters. The van der Waals surface area contributed by atoms with Crippen molar-refractivity contribution in [3.05, 3.63) is 29.6 Å². The summed E-state index contributed by atoms with van der Waals surface area (Å²) in [6, 6.07) is 4.93. The molecule has 84 valence electrons. The summed E-state index contributed by atoms with van der Waals surface area (Å²) in [5.74, 6) is -0.237. The highest BCUT2D eigenvalue weighted by Crippen LogP contribution is 2.29. The Labute approximate surface area is 94.7 Å². The van der Waals surface area contributed by atoms with Gasteiger partial charge in [-0.2, -0.15) is 0 Å². The molecule has 1 aromatic rings. The lowest BCUT2D eigenvalue weighted by Gasteiger charge is -2.11. The van der Waals surface area contributed by atoms with Crippen LogP contribution in [0.15, 0.2) is 23.1 Å². The van der Waals surface area contributed by atoms with Gasteiger partial charge in [-0.1, -0.05) is 19.9 Å². The van der Waals surface area contributed by atoms with E-state index in [-0.39, 0.29) is 5.82 Å². The van der Waals surface area contributed by atoms with Crippen LogP contribution in [-0.4, -0.2) is 10.4 Å². The van der Waals surface area contributed by atoms with Crippen molar-refractivity contribution in [3.8, 4) is 0 Å². The standard InChI is InChI=1S/C12H17FOS/c1-4-8(2)15-12-6-5-10(9(3)14)7-11(12)13/h5-9,14H,4H2,1-3H3/t8?,9-/m0/s1. The van der Waals surface area contributed by atoms with E-state index in [9.17, 15) is 9.50 Å². The zero-order valence-corrected chi connectivity index (χ0v) is 10.1. The van der Waals surface area contributed by atoms with Crippen LogP contribution in [0.1, 0.15) is 38.9 Å². The molecular weight excluding hydrogens is 211 g/mol. The Balaban J connectivity index is 2.83. The lowest BCUT2D eigenvalue weighted by molar-refractivity contribution is 0.198. The molecule has 0 heterocycles. The van der Waals surface area contributed by atoms with Gasteiger partial charge in [0.05, 0.1) is 6.10 Å². The van der Waals surface area contributed by atoms with Crippen LogP contribution in [0.2, 0.25) is 0 Å². The largest absolute Gasteiger partial charge is 0.389 e. The molecule has 0 amide bonds. The van der Waals surface area contributed by atoms with E-state index in [0.29, 0.717) is 15.7 Å². The predicted molar refractivity (Wildman–Crippen MR) is 62.6 cm³/mol. The molecule has 3 heteroatoms. The molecule has 1 nitrogen and oxygen atoms in total. The summed E-state index contributed by atoms with van der Waals surface area (Å²) in [5, 5.41) is 9.71. The molecule has 15 heavy (non-hydrogen) atoms. The van der Waals surface area contributed by atoms with Crippen LogP contribution in [0.5, 0.6) is 0 Å². The molecule has 0 aliphatic heterocycles. The van der Waals surface area contributed by atoms with Crippen LogP contribution in [0.3, 0.4) is 0 Å². The molecule has 0 aliphatic rings. The zero-order chi connectivity index (χ0) is 11.4. The Morgan fingerprint density at radius 3 is 2.53 bits per heavy atom. The van der Waals surface area contributed by atoms with Gasteiger partial charge in [-0.05, 0) is 31.0 Å². The van der Waals surface area contributed by atoms with Crippen molar-refractivity contribution in [1.29, 1.82) is 0 Å². The molecule has 0 bridgehead atoms. The molecule has 0 saturated carbocycles. The van der Waals surface area contributed by atoms with E-state index in [0.717, 1.165) is 6.42 Å². The molecule has 1 aromatic carbocycles. The Bertz CT molecular complexity index is 325. The third-order valence-electron chi connectivity index (χ3n) is 2.34. The highest BCUT2D eigenvalue weighted by molar-refractivity contribution is 7.99. The molecule has 0 aliphatic carbocycles. The van der Waals surface area contributed by atoms with E-state index >= 15 is 0 Å². The molecular formula is C12H17FOS. The maximum absolute atomic E-state index is 13.6. The Kier molecular flexibility index (Phi) is 4.61. The molecule has 0 spiro atoms. The van der Waals surface area contributed by atoms with Crippen LogP contribution in [0.25, 0.3) is 0 Å². The van der Waals surface area contributed by atoms with E-state index in [1.54, 1.807) is 19.1 Å². The van der Waals surface area contributed by atoms with E-state index in [2.05, 4.69) is 13.8 Å². The quantitative estimate of drug-likeness (QED) is 0.792. The molecule has 2 atom stereocenters. The second-order valence-electron chi connectivity index (χ2n) is 3.70. The summed E-state index contributed by atoms with van der Waals surface area (Å²) in [7, 11) is 0. The van der Waals surface area contributed by atoms with Crippen molar-refractivity contribution in [2.75, 3.05) is 0 Å². The Hall–Kier alpha value is -0.540. The van der Waals surface area contributed by atoms with Crippen LogP contribution < -0.4 is 0 Å². The highest BCUT2D eigenvalue weighted by atomic mass is 32.2. The molecule has 0 radical (unpaired) electrons. The fourth-order valence-corrected chi connectivity index (χ4v) is 2.09. The summed E-state index contributed by atoms with van der Waals surface area (Å²) >= 11 is 1.53. The monoisotopic (exact) mass is 228 g/mol. The van der Waals surface area contributed by atoms with Gasteiger partial charge in [0.1, 0.15) is 5.82 Å². The second-order valence-corrected chi connectivity index (χ2v) is 5.18. The van der Waals surface area contributed by atoms with Gasteiger partial charge in [0.15, 0.2) is 0 Å². The van der Waals surface area contributed by atoms with Crippen molar-refractivity contribution >= 4 is 11.8 Å². The molecule has 1 N–H and O–H groups in total. The third-order valence-corrected chi connectivity index (χ3v) is 3.66. The first-order chi connectivity index (χ1) is 7.04. The van der Waals surface area contributed by atoms with E-state index in [1.165, 1.54) is 17.8 Å². The summed E-state index contributed by atoms with van der Waals surface area (Å²) < 4.78 is 13.6. The first-order valence-corrected chi connectivity index (χ1v) is 6.06. The lowest BCUT2D eigenvalue weighted by atomic mass is 10.1. The average Bonchev–Trinajstić information content (AvgIpc) is 2.20. The number of aliphatic hydroxyl groups is 1. The lowest BCUT2D eigenvalue weighted by Crippen LogP contribution is -1.96. The maximum atomic E-state index is 13.6. The molecule has 0 fully saturated rings. The highest BCUT2D eigenvalue weighted by Gasteiger charge is 2.09. The summed E-state index contributed by atoms with van der Waals surface area (Å²) in [6.07, 6.45) is 0.407. The van der Waals surface area contributed by atoms with Crippen LogP contribution in [0, 0.1) is 5.82 Å². The van der Waals surface area contributed by atoms with E-state index in [4.69, 9.17) is 0 Å². The molecule has 0 aromatic heterocycles. The first-order valence-electron chi connectivity index (χ1n) is 5.18.